The van der Waals surface area contributed by atoms with Gasteiger partial charge in [0.2, 0.25) is 0 Å². The van der Waals surface area contributed by atoms with Crippen LogP contribution in [0.5, 0.6) is 0 Å². The number of hydrogen-bond donors (Lipinski definition) is 1. The summed E-state index contributed by atoms with van der Waals surface area (Å²) in [7, 11) is -4.55. The fourth-order valence-electron chi connectivity index (χ4n) is 2.74. The molecule has 20 heavy (non-hydrogen) atoms. The van der Waals surface area contributed by atoms with Gasteiger partial charge in [-0.3, -0.25) is 4.99 Å². The van der Waals surface area contributed by atoms with Crippen molar-refractivity contribution in [3.63, 3.8) is 0 Å². The average molecular weight is 307 g/mol. The third-order valence-electron chi connectivity index (χ3n) is 3.67. The number of fused-ring (bicyclic) bond motifs is 1. The summed E-state index contributed by atoms with van der Waals surface area (Å²) in [6, 6.07) is -0.456. The molecule has 0 saturated carbocycles. The summed E-state index contributed by atoms with van der Waals surface area (Å²) in [5.74, 6) is -3.05. The van der Waals surface area contributed by atoms with Crippen LogP contribution in [0.4, 0.5) is 8.78 Å². The van der Waals surface area contributed by atoms with Crippen LogP contribution in [-0.2, 0) is 10.0 Å². The number of hydrogen-bond acceptors (Lipinski definition) is 4. The predicted octanol–water partition coefficient (Wildman–Crippen LogP) is 1.54. The van der Waals surface area contributed by atoms with Crippen LogP contribution in [0.3, 0.4) is 0 Å². The van der Waals surface area contributed by atoms with Crippen molar-refractivity contribution in [1.82, 2.24) is 9.62 Å². The Hall–Kier alpha value is -1.02. The minimum Gasteiger partial charge on any atom is -0.335 e. The van der Waals surface area contributed by atoms with Crippen LogP contribution in [0.2, 0.25) is 0 Å². The van der Waals surface area contributed by atoms with E-state index in [-0.39, 0.29) is 6.04 Å². The summed E-state index contributed by atoms with van der Waals surface area (Å²) in [4.78, 5) is 6.28. The number of nitrogens with zero attached hydrogens (tertiary/aromatic N) is 2. The largest absolute Gasteiger partial charge is 0.350 e. The first-order chi connectivity index (χ1) is 9.22. The average Bonchev–Trinajstić information content (AvgIpc) is 2.71. The van der Waals surface area contributed by atoms with E-state index in [1.54, 1.807) is 6.34 Å². The first-order valence-corrected chi connectivity index (χ1v) is 8.06. The molecule has 0 amide bonds. The zero-order chi connectivity index (χ0) is 15.1. The van der Waals surface area contributed by atoms with Gasteiger partial charge in [-0.25, -0.2) is 13.1 Å². The molecule has 0 radical (unpaired) electrons. The maximum atomic E-state index is 12.4. The number of aliphatic imine (C=N–C) groups is 1. The van der Waals surface area contributed by atoms with Gasteiger partial charge in [-0.15, -0.1) is 0 Å². The van der Waals surface area contributed by atoms with Gasteiger partial charge in [0.25, 0.3) is 10.0 Å². The third-order valence-corrected chi connectivity index (χ3v) is 4.80. The SMILES string of the molecule is CC1=C2C[C@H](NS(=O)(=O)C(F)F)CN2C=N[C@H]1C(C)C. The van der Waals surface area contributed by atoms with E-state index in [4.69, 9.17) is 0 Å². The molecule has 1 fully saturated rings. The van der Waals surface area contributed by atoms with Crippen LogP contribution in [0.1, 0.15) is 27.2 Å². The van der Waals surface area contributed by atoms with Crippen LogP contribution >= 0.6 is 0 Å². The molecule has 0 aromatic heterocycles. The Balaban J connectivity index is 2.14. The van der Waals surface area contributed by atoms with Crippen LogP contribution in [0.25, 0.3) is 0 Å². The summed E-state index contributed by atoms with van der Waals surface area (Å²) >= 11 is 0. The molecule has 8 heteroatoms. The quantitative estimate of drug-likeness (QED) is 0.857. The molecule has 0 aromatic carbocycles. The molecule has 2 aliphatic heterocycles. The van der Waals surface area contributed by atoms with Gasteiger partial charge < -0.3 is 4.90 Å². The first-order valence-electron chi connectivity index (χ1n) is 6.51. The number of rotatable bonds is 4. The molecule has 1 saturated heterocycles. The molecule has 2 heterocycles. The molecular formula is C12H19F2N3O2S. The predicted molar refractivity (Wildman–Crippen MR) is 73.0 cm³/mol. The zero-order valence-electron chi connectivity index (χ0n) is 11.7. The minimum absolute atomic E-state index is 0.0757. The summed E-state index contributed by atoms with van der Waals surface area (Å²) in [5.41, 5.74) is 2.07. The lowest BCUT2D eigenvalue weighted by molar-refractivity contribution is 0.231. The van der Waals surface area contributed by atoms with E-state index >= 15 is 0 Å². The van der Waals surface area contributed by atoms with Crippen molar-refractivity contribution in [1.29, 1.82) is 0 Å². The molecule has 2 atom stereocenters. The van der Waals surface area contributed by atoms with Gasteiger partial charge >= 0.3 is 5.76 Å². The second-order valence-electron chi connectivity index (χ2n) is 5.56. The fourth-order valence-corrected chi connectivity index (χ4v) is 3.46. The maximum absolute atomic E-state index is 12.4. The van der Waals surface area contributed by atoms with Crippen molar-refractivity contribution in [3.8, 4) is 0 Å². The molecule has 0 bridgehead atoms. The minimum atomic E-state index is -4.55. The second kappa shape index (κ2) is 5.40. The smallest absolute Gasteiger partial charge is 0.335 e. The monoisotopic (exact) mass is 307 g/mol. The topological polar surface area (TPSA) is 61.8 Å². The Morgan fingerprint density at radius 1 is 1.45 bits per heavy atom. The highest BCUT2D eigenvalue weighted by Crippen LogP contribution is 2.31. The van der Waals surface area contributed by atoms with E-state index in [9.17, 15) is 17.2 Å². The van der Waals surface area contributed by atoms with Gasteiger partial charge in [0, 0.05) is 24.7 Å². The molecule has 0 aliphatic carbocycles. The van der Waals surface area contributed by atoms with Crippen LogP contribution < -0.4 is 4.72 Å². The van der Waals surface area contributed by atoms with Gasteiger partial charge in [-0.05, 0) is 18.4 Å². The van der Waals surface area contributed by atoms with Crippen molar-refractivity contribution in [2.45, 2.75) is 45.0 Å². The van der Waals surface area contributed by atoms with Gasteiger partial charge in [-0.1, -0.05) is 13.8 Å². The van der Waals surface area contributed by atoms with Crippen LogP contribution in [-0.4, -0.2) is 44.0 Å². The van der Waals surface area contributed by atoms with Crippen molar-refractivity contribution >= 4 is 16.4 Å². The zero-order valence-corrected chi connectivity index (χ0v) is 12.5. The van der Waals surface area contributed by atoms with Gasteiger partial charge in [0.1, 0.15) is 0 Å². The summed E-state index contributed by atoms with van der Waals surface area (Å²) < 4.78 is 49.3. The lowest BCUT2D eigenvalue weighted by atomic mass is 9.94. The highest BCUT2D eigenvalue weighted by molar-refractivity contribution is 7.89. The third kappa shape index (κ3) is 2.85. The van der Waals surface area contributed by atoms with Crippen molar-refractivity contribution < 1.29 is 17.2 Å². The highest BCUT2D eigenvalue weighted by atomic mass is 32.2. The van der Waals surface area contributed by atoms with E-state index in [1.807, 2.05) is 11.8 Å². The number of nitrogens with one attached hydrogen (secondary N) is 1. The second-order valence-corrected chi connectivity index (χ2v) is 7.24. The molecule has 2 rings (SSSR count). The number of sulfonamides is 1. The fraction of sp³-hybridized carbons (Fsp3) is 0.750. The molecule has 5 nitrogen and oxygen atoms in total. The van der Waals surface area contributed by atoms with Crippen LogP contribution in [0, 0.1) is 5.92 Å². The molecular weight excluding hydrogens is 288 g/mol. The summed E-state index contributed by atoms with van der Waals surface area (Å²) in [6.07, 6.45) is 2.11. The molecule has 0 unspecified atom stereocenters. The Morgan fingerprint density at radius 3 is 2.65 bits per heavy atom. The normalized spacial score (nSPS) is 26.9. The first kappa shape index (κ1) is 15.4. The van der Waals surface area contributed by atoms with Crippen molar-refractivity contribution in [2.24, 2.45) is 10.9 Å². The molecule has 1 N–H and O–H groups in total. The van der Waals surface area contributed by atoms with E-state index < -0.39 is 21.8 Å². The van der Waals surface area contributed by atoms with Crippen molar-refractivity contribution in [2.75, 3.05) is 6.54 Å². The lowest BCUT2D eigenvalue weighted by Gasteiger charge is -2.28. The molecule has 0 aromatic rings. The Labute approximate surface area is 117 Å². The standard InChI is InChI=1S/C12H19F2N3O2S/c1-7(2)11-8(3)10-4-9(5-17(10)6-15-11)16-20(18,19)12(13)14/h6-7,9,11-12,16H,4-5H2,1-3H3/t9-,11-/m0/s1. The Kier molecular flexibility index (Phi) is 4.15. The molecule has 2 aliphatic rings. The Morgan fingerprint density at radius 2 is 2.10 bits per heavy atom. The number of alkyl halides is 2. The summed E-state index contributed by atoms with van der Waals surface area (Å²) in [5, 5.41) is 0. The lowest BCUT2D eigenvalue weighted by Crippen LogP contribution is -2.39. The number of halogens is 2. The summed E-state index contributed by atoms with van der Waals surface area (Å²) in [6.45, 7) is 6.43. The van der Waals surface area contributed by atoms with Gasteiger partial charge in [0.15, 0.2) is 0 Å². The Bertz CT molecular complexity index is 543. The van der Waals surface area contributed by atoms with Crippen molar-refractivity contribution in [3.05, 3.63) is 11.3 Å². The van der Waals surface area contributed by atoms with E-state index in [0.29, 0.717) is 18.9 Å². The van der Waals surface area contributed by atoms with E-state index in [2.05, 4.69) is 23.6 Å². The van der Waals surface area contributed by atoms with Crippen LogP contribution in [0.15, 0.2) is 16.3 Å². The molecule has 0 spiro atoms. The van der Waals surface area contributed by atoms with Gasteiger partial charge in [0.05, 0.1) is 12.4 Å². The highest BCUT2D eigenvalue weighted by Gasteiger charge is 2.36. The maximum Gasteiger partial charge on any atom is 0.350 e. The van der Waals surface area contributed by atoms with E-state index in [1.165, 1.54) is 0 Å². The van der Waals surface area contributed by atoms with Gasteiger partial charge in [-0.2, -0.15) is 8.78 Å². The molecule has 114 valence electrons. The van der Waals surface area contributed by atoms with E-state index in [0.717, 1.165) is 11.3 Å².